The van der Waals surface area contributed by atoms with Crippen molar-refractivity contribution in [2.75, 3.05) is 6.61 Å². The fraction of sp³-hybridized carbons (Fsp3) is 1.00. The molecule has 0 aromatic carbocycles. The normalized spacial score (nSPS) is 34.2. The maximum atomic E-state index is 5.79. The number of hydrogen-bond acceptors (Lipinski definition) is 2. The van der Waals surface area contributed by atoms with Crippen molar-refractivity contribution in [1.82, 2.24) is 5.32 Å². The van der Waals surface area contributed by atoms with Crippen molar-refractivity contribution in [1.29, 1.82) is 0 Å². The van der Waals surface area contributed by atoms with Crippen molar-refractivity contribution in [2.24, 2.45) is 5.41 Å². The molecule has 2 aliphatic carbocycles. The highest BCUT2D eigenvalue weighted by Crippen LogP contribution is 2.48. The molecule has 2 unspecified atom stereocenters. The topological polar surface area (TPSA) is 21.3 Å². The average Bonchev–Trinajstić information content (AvgIpc) is 3.04. The molecule has 0 aromatic heterocycles. The lowest BCUT2D eigenvalue weighted by atomic mass is 9.71. The van der Waals surface area contributed by atoms with Crippen LogP contribution in [0.2, 0.25) is 0 Å². The summed E-state index contributed by atoms with van der Waals surface area (Å²) in [6.07, 6.45) is 14.7. The summed E-state index contributed by atoms with van der Waals surface area (Å²) in [6.45, 7) is 3.29. The molecule has 1 spiro atoms. The van der Waals surface area contributed by atoms with Gasteiger partial charge in [0, 0.05) is 18.7 Å². The predicted molar refractivity (Wildman–Crippen MR) is 74.7 cm³/mol. The maximum Gasteiger partial charge on any atom is 0.0726 e. The Morgan fingerprint density at radius 2 is 1.72 bits per heavy atom. The van der Waals surface area contributed by atoms with Gasteiger partial charge >= 0.3 is 0 Å². The highest BCUT2D eigenvalue weighted by atomic mass is 16.5. The molecule has 3 aliphatic rings. The molecule has 1 heterocycles. The van der Waals surface area contributed by atoms with Gasteiger partial charge in [-0.3, -0.25) is 0 Å². The van der Waals surface area contributed by atoms with E-state index in [0.29, 0.717) is 12.1 Å². The van der Waals surface area contributed by atoms with Crippen LogP contribution in [-0.2, 0) is 4.74 Å². The van der Waals surface area contributed by atoms with Crippen molar-refractivity contribution in [2.45, 2.75) is 89.3 Å². The Hall–Kier alpha value is -0.0800. The van der Waals surface area contributed by atoms with Crippen LogP contribution < -0.4 is 5.32 Å². The first-order valence-electron chi connectivity index (χ1n) is 8.15. The zero-order valence-corrected chi connectivity index (χ0v) is 11.9. The van der Waals surface area contributed by atoms with E-state index in [0.717, 1.165) is 18.1 Å². The Kier molecular flexibility index (Phi) is 3.95. The molecule has 1 saturated heterocycles. The molecule has 1 N–H and O–H groups in total. The quantitative estimate of drug-likeness (QED) is 0.826. The molecule has 0 bridgehead atoms. The second-order valence-electron chi connectivity index (χ2n) is 6.99. The predicted octanol–water partition coefficient (Wildman–Crippen LogP) is 3.65. The van der Waals surface area contributed by atoms with Gasteiger partial charge in [0.2, 0.25) is 0 Å². The first kappa shape index (κ1) is 12.9. The van der Waals surface area contributed by atoms with Crippen molar-refractivity contribution >= 4 is 0 Å². The van der Waals surface area contributed by atoms with Crippen LogP contribution in [0.15, 0.2) is 0 Å². The third-order valence-corrected chi connectivity index (χ3v) is 5.73. The molecule has 2 heteroatoms. The lowest BCUT2D eigenvalue weighted by Crippen LogP contribution is -2.45. The summed E-state index contributed by atoms with van der Waals surface area (Å²) in [5, 5.41) is 3.84. The van der Waals surface area contributed by atoms with Crippen LogP contribution in [0.1, 0.15) is 71.1 Å². The van der Waals surface area contributed by atoms with Gasteiger partial charge in [-0.25, -0.2) is 0 Å². The summed E-state index contributed by atoms with van der Waals surface area (Å²) in [7, 11) is 0. The summed E-state index contributed by atoms with van der Waals surface area (Å²) >= 11 is 0. The zero-order chi connectivity index (χ0) is 12.4. The molecule has 2 nitrogen and oxygen atoms in total. The highest BCUT2D eigenvalue weighted by Gasteiger charge is 2.38. The number of nitrogens with one attached hydrogen (secondary N) is 1. The van der Waals surface area contributed by atoms with Crippen molar-refractivity contribution in [3.8, 4) is 0 Å². The zero-order valence-electron chi connectivity index (χ0n) is 11.9. The molecular weight excluding hydrogens is 222 g/mol. The third-order valence-electron chi connectivity index (χ3n) is 5.73. The monoisotopic (exact) mass is 251 g/mol. The summed E-state index contributed by atoms with van der Waals surface area (Å²) < 4.78 is 5.79. The minimum absolute atomic E-state index is 0.479. The van der Waals surface area contributed by atoms with E-state index in [-0.39, 0.29) is 0 Å². The van der Waals surface area contributed by atoms with Crippen LogP contribution in [0, 0.1) is 5.41 Å². The van der Waals surface area contributed by atoms with Gasteiger partial charge in [0.25, 0.3) is 0 Å². The lowest BCUT2D eigenvalue weighted by Gasteiger charge is -2.39. The Labute approximate surface area is 112 Å². The lowest BCUT2D eigenvalue weighted by molar-refractivity contribution is 0.0719. The molecule has 3 fully saturated rings. The summed E-state index contributed by atoms with van der Waals surface area (Å²) in [5.74, 6) is 0. The largest absolute Gasteiger partial charge is 0.377 e. The molecule has 0 radical (unpaired) electrons. The van der Waals surface area contributed by atoms with Crippen molar-refractivity contribution in [3.05, 3.63) is 0 Å². The smallest absolute Gasteiger partial charge is 0.0726 e. The molecular formula is C16H29NO. The number of rotatable bonds is 3. The van der Waals surface area contributed by atoms with Crippen LogP contribution in [-0.4, -0.2) is 24.8 Å². The summed E-state index contributed by atoms with van der Waals surface area (Å²) in [5.41, 5.74) is 0.769. The second kappa shape index (κ2) is 5.50. The Balaban J connectivity index is 1.44. The average molecular weight is 251 g/mol. The number of ether oxygens (including phenoxy) is 1. The minimum atomic E-state index is 0.479. The first-order chi connectivity index (χ1) is 8.77. The maximum absolute atomic E-state index is 5.79. The van der Waals surface area contributed by atoms with Crippen LogP contribution in [0.4, 0.5) is 0 Å². The van der Waals surface area contributed by atoms with E-state index in [4.69, 9.17) is 4.74 Å². The summed E-state index contributed by atoms with van der Waals surface area (Å²) in [6, 6.07) is 1.31. The van der Waals surface area contributed by atoms with Gasteiger partial charge in [-0.2, -0.15) is 0 Å². The SMILES string of the molecule is CC(NC1CCC2(CCCC2)CC1)C1CCCO1. The van der Waals surface area contributed by atoms with Gasteiger partial charge in [-0.1, -0.05) is 12.8 Å². The van der Waals surface area contributed by atoms with Gasteiger partial charge in [0.1, 0.15) is 0 Å². The van der Waals surface area contributed by atoms with Crippen LogP contribution in [0.3, 0.4) is 0 Å². The molecule has 1 aliphatic heterocycles. The minimum Gasteiger partial charge on any atom is -0.377 e. The van der Waals surface area contributed by atoms with Gasteiger partial charge < -0.3 is 10.1 Å². The fourth-order valence-electron chi connectivity index (χ4n) is 4.50. The Morgan fingerprint density at radius 3 is 2.33 bits per heavy atom. The molecule has 18 heavy (non-hydrogen) atoms. The van der Waals surface area contributed by atoms with Crippen LogP contribution in [0.5, 0.6) is 0 Å². The summed E-state index contributed by atoms with van der Waals surface area (Å²) in [4.78, 5) is 0. The third kappa shape index (κ3) is 2.75. The van der Waals surface area contributed by atoms with E-state index in [1.807, 2.05) is 0 Å². The van der Waals surface area contributed by atoms with Gasteiger partial charge in [-0.05, 0) is 63.7 Å². The number of hydrogen-bond donors (Lipinski definition) is 1. The van der Waals surface area contributed by atoms with Gasteiger partial charge in [-0.15, -0.1) is 0 Å². The standard InChI is InChI=1S/C16H29NO/c1-13(15-5-4-12-18-15)17-14-6-10-16(11-7-14)8-2-3-9-16/h13-15,17H,2-12H2,1H3. The van der Waals surface area contributed by atoms with E-state index in [1.54, 1.807) is 0 Å². The molecule has 2 atom stereocenters. The van der Waals surface area contributed by atoms with Crippen molar-refractivity contribution < 1.29 is 4.74 Å². The Morgan fingerprint density at radius 1 is 1.00 bits per heavy atom. The molecule has 0 amide bonds. The van der Waals surface area contributed by atoms with Crippen LogP contribution >= 0.6 is 0 Å². The van der Waals surface area contributed by atoms with Crippen LogP contribution in [0.25, 0.3) is 0 Å². The molecule has 3 rings (SSSR count). The molecule has 2 saturated carbocycles. The first-order valence-corrected chi connectivity index (χ1v) is 8.15. The van der Waals surface area contributed by atoms with E-state index < -0.39 is 0 Å². The van der Waals surface area contributed by atoms with Crippen molar-refractivity contribution in [3.63, 3.8) is 0 Å². The highest BCUT2D eigenvalue weighted by molar-refractivity contribution is 4.92. The fourth-order valence-corrected chi connectivity index (χ4v) is 4.50. The van der Waals surface area contributed by atoms with Gasteiger partial charge in [0.15, 0.2) is 0 Å². The van der Waals surface area contributed by atoms with Gasteiger partial charge in [0.05, 0.1) is 6.10 Å². The Bertz CT molecular complexity index is 256. The second-order valence-corrected chi connectivity index (χ2v) is 6.99. The van der Waals surface area contributed by atoms with E-state index in [2.05, 4.69) is 12.2 Å². The van der Waals surface area contributed by atoms with E-state index >= 15 is 0 Å². The van der Waals surface area contributed by atoms with E-state index in [9.17, 15) is 0 Å². The van der Waals surface area contributed by atoms with E-state index in [1.165, 1.54) is 64.2 Å². The molecule has 0 aromatic rings. The molecule has 104 valence electrons.